The SMILES string of the molecule is O=C1C[C@H](c2cccs2)Nc2ccc3ccccc3c21. The summed E-state index contributed by atoms with van der Waals surface area (Å²) in [4.78, 5) is 13.8. The second-order valence-corrected chi connectivity index (χ2v) is 6.03. The van der Waals surface area contributed by atoms with E-state index in [9.17, 15) is 4.79 Å². The second kappa shape index (κ2) is 4.46. The van der Waals surface area contributed by atoms with Crippen molar-refractivity contribution in [2.24, 2.45) is 0 Å². The molecule has 1 N–H and O–H groups in total. The Labute approximate surface area is 121 Å². The Morgan fingerprint density at radius 1 is 1.05 bits per heavy atom. The first kappa shape index (κ1) is 11.7. The van der Waals surface area contributed by atoms with Crippen LogP contribution in [0, 0.1) is 0 Å². The molecule has 0 saturated carbocycles. The molecule has 0 aliphatic carbocycles. The molecule has 0 unspecified atom stereocenters. The minimum Gasteiger partial charge on any atom is -0.376 e. The van der Waals surface area contributed by atoms with Gasteiger partial charge in [0.05, 0.1) is 6.04 Å². The number of benzene rings is 2. The maximum absolute atomic E-state index is 12.6. The molecule has 1 aliphatic rings. The number of carbonyl (C=O) groups excluding carboxylic acids is 1. The summed E-state index contributed by atoms with van der Waals surface area (Å²) in [6.45, 7) is 0. The van der Waals surface area contributed by atoms with Crippen molar-refractivity contribution >= 4 is 33.6 Å². The van der Waals surface area contributed by atoms with Crippen molar-refractivity contribution in [2.75, 3.05) is 5.32 Å². The highest BCUT2D eigenvalue weighted by Crippen LogP contribution is 2.37. The van der Waals surface area contributed by atoms with Crippen LogP contribution in [0.2, 0.25) is 0 Å². The third kappa shape index (κ3) is 1.74. The zero-order valence-corrected chi connectivity index (χ0v) is 11.6. The van der Waals surface area contributed by atoms with Crippen molar-refractivity contribution in [1.82, 2.24) is 0 Å². The standard InChI is InChI=1S/C17H13NOS/c19-15-10-14(16-6-3-9-20-16)18-13-8-7-11-4-1-2-5-12(11)17(13)15/h1-9,14,18H,10H2/t14-/m1/s1. The van der Waals surface area contributed by atoms with Crippen molar-refractivity contribution in [1.29, 1.82) is 0 Å². The predicted molar refractivity (Wildman–Crippen MR) is 83.6 cm³/mol. The number of ketones is 1. The largest absolute Gasteiger partial charge is 0.376 e. The smallest absolute Gasteiger partial charge is 0.168 e. The molecule has 98 valence electrons. The Morgan fingerprint density at radius 2 is 1.95 bits per heavy atom. The van der Waals surface area contributed by atoms with Crippen LogP contribution in [0.4, 0.5) is 5.69 Å². The quantitative estimate of drug-likeness (QED) is 0.703. The average Bonchev–Trinajstić information content (AvgIpc) is 3.01. The Balaban J connectivity index is 1.86. The van der Waals surface area contributed by atoms with Gasteiger partial charge in [0.15, 0.2) is 5.78 Å². The van der Waals surface area contributed by atoms with Crippen LogP contribution < -0.4 is 5.32 Å². The molecule has 0 bridgehead atoms. The number of fused-ring (bicyclic) bond motifs is 3. The lowest BCUT2D eigenvalue weighted by atomic mass is 9.91. The lowest BCUT2D eigenvalue weighted by molar-refractivity contribution is 0.0974. The van der Waals surface area contributed by atoms with Crippen LogP contribution in [0.3, 0.4) is 0 Å². The van der Waals surface area contributed by atoms with E-state index in [2.05, 4.69) is 22.8 Å². The van der Waals surface area contributed by atoms with Gasteiger partial charge in [-0.25, -0.2) is 0 Å². The van der Waals surface area contributed by atoms with E-state index in [4.69, 9.17) is 0 Å². The predicted octanol–water partition coefficient (Wildman–Crippen LogP) is 4.64. The molecule has 1 aliphatic heterocycles. The van der Waals surface area contributed by atoms with Crippen molar-refractivity contribution in [2.45, 2.75) is 12.5 Å². The van der Waals surface area contributed by atoms with Crippen LogP contribution >= 0.6 is 11.3 Å². The monoisotopic (exact) mass is 279 g/mol. The molecule has 0 fully saturated rings. The highest BCUT2D eigenvalue weighted by molar-refractivity contribution is 7.10. The van der Waals surface area contributed by atoms with E-state index in [1.807, 2.05) is 36.4 Å². The number of thiophene rings is 1. The Kier molecular flexibility index (Phi) is 2.60. The van der Waals surface area contributed by atoms with Crippen LogP contribution in [0.25, 0.3) is 10.8 Å². The number of carbonyl (C=O) groups is 1. The highest BCUT2D eigenvalue weighted by atomic mass is 32.1. The fraction of sp³-hybridized carbons (Fsp3) is 0.118. The number of hydrogen-bond donors (Lipinski definition) is 1. The summed E-state index contributed by atoms with van der Waals surface area (Å²) in [7, 11) is 0. The van der Waals surface area contributed by atoms with Crippen LogP contribution in [-0.4, -0.2) is 5.78 Å². The van der Waals surface area contributed by atoms with Gasteiger partial charge < -0.3 is 5.32 Å². The van der Waals surface area contributed by atoms with E-state index in [0.717, 1.165) is 22.0 Å². The molecule has 2 heterocycles. The zero-order chi connectivity index (χ0) is 13.5. The molecule has 0 radical (unpaired) electrons. The Hall–Kier alpha value is -2.13. The van der Waals surface area contributed by atoms with Gasteiger partial charge >= 0.3 is 0 Å². The third-order valence-corrected chi connectivity index (χ3v) is 4.80. The van der Waals surface area contributed by atoms with Gasteiger partial charge in [0.1, 0.15) is 0 Å². The molecule has 0 saturated heterocycles. The van der Waals surface area contributed by atoms with Gasteiger partial charge in [-0.15, -0.1) is 11.3 Å². The van der Waals surface area contributed by atoms with Gasteiger partial charge in [0.2, 0.25) is 0 Å². The Morgan fingerprint density at radius 3 is 2.80 bits per heavy atom. The van der Waals surface area contributed by atoms with Gasteiger partial charge in [0, 0.05) is 22.5 Å². The van der Waals surface area contributed by atoms with E-state index in [0.29, 0.717) is 6.42 Å². The van der Waals surface area contributed by atoms with Gasteiger partial charge in [-0.2, -0.15) is 0 Å². The molecular weight excluding hydrogens is 266 g/mol. The van der Waals surface area contributed by atoms with Crippen molar-refractivity contribution in [3.8, 4) is 0 Å². The molecule has 20 heavy (non-hydrogen) atoms. The zero-order valence-electron chi connectivity index (χ0n) is 10.8. The first-order chi connectivity index (χ1) is 9.83. The van der Waals surface area contributed by atoms with E-state index in [1.165, 1.54) is 4.88 Å². The van der Waals surface area contributed by atoms with Gasteiger partial charge in [-0.1, -0.05) is 36.4 Å². The van der Waals surface area contributed by atoms with Crippen LogP contribution in [0.5, 0.6) is 0 Å². The molecule has 0 amide bonds. The molecule has 2 aromatic carbocycles. The average molecular weight is 279 g/mol. The molecule has 1 aromatic heterocycles. The van der Waals surface area contributed by atoms with E-state index in [-0.39, 0.29) is 11.8 Å². The number of hydrogen-bond acceptors (Lipinski definition) is 3. The third-order valence-electron chi connectivity index (χ3n) is 3.81. The highest BCUT2D eigenvalue weighted by Gasteiger charge is 2.27. The number of anilines is 1. The molecule has 3 heteroatoms. The van der Waals surface area contributed by atoms with Crippen molar-refractivity contribution in [3.05, 3.63) is 64.4 Å². The maximum Gasteiger partial charge on any atom is 0.168 e. The fourth-order valence-electron chi connectivity index (χ4n) is 2.88. The summed E-state index contributed by atoms with van der Waals surface area (Å²) in [5.74, 6) is 0.231. The first-order valence-corrected chi connectivity index (χ1v) is 7.56. The summed E-state index contributed by atoms with van der Waals surface area (Å²) in [6.07, 6.45) is 0.529. The molecule has 3 aromatic rings. The number of Topliss-reactive ketones (excluding diaryl/α,β-unsaturated/α-hetero) is 1. The van der Waals surface area contributed by atoms with Gasteiger partial charge in [0.25, 0.3) is 0 Å². The first-order valence-electron chi connectivity index (χ1n) is 6.68. The van der Waals surface area contributed by atoms with Gasteiger partial charge in [-0.05, 0) is 28.3 Å². The van der Waals surface area contributed by atoms with Crippen LogP contribution in [-0.2, 0) is 0 Å². The summed E-state index contributed by atoms with van der Waals surface area (Å²) in [6, 6.07) is 16.4. The van der Waals surface area contributed by atoms with Crippen molar-refractivity contribution in [3.63, 3.8) is 0 Å². The number of nitrogens with one attached hydrogen (secondary N) is 1. The molecule has 1 atom stereocenters. The molecule has 2 nitrogen and oxygen atoms in total. The maximum atomic E-state index is 12.6. The molecule has 0 spiro atoms. The van der Waals surface area contributed by atoms with E-state index >= 15 is 0 Å². The minimum absolute atomic E-state index is 0.108. The summed E-state index contributed by atoms with van der Waals surface area (Å²) in [5, 5.41) is 7.73. The van der Waals surface area contributed by atoms with Crippen molar-refractivity contribution < 1.29 is 4.79 Å². The fourth-order valence-corrected chi connectivity index (χ4v) is 3.66. The van der Waals surface area contributed by atoms with E-state index in [1.54, 1.807) is 11.3 Å². The number of rotatable bonds is 1. The summed E-state index contributed by atoms with van der Waals surface area (Å²) in [5.41, 5.74) is 1.80. The minimum atomic E-state index is 0.108. The van der Waals surface area contributed by atoms with E-state index < -0.39 is 0 Å². The molecule has 4 rings (SSSR count). The second-order valence-electron chi connectivity index (χ2n) is 5.05. The summed E-state index contributed by atoms with van der Waals surface area (Å²) < 4.78 is 0. The topological polar surface area (TPSA) is 29.1 Å². The van der Waals surface area contributed by atoms with Crippen LogP contribution in [0.1, 0.15) is 27.7 Å². The molecular formula is C17H13NOS. The van der Waals surface area contributed by atoms with Crippen LogP contribution in [0.15, 0.2) is 53.9 Å². The lowest BCUT2D eigenvalue weighted by Crippen LogP contribution is -2.22. The lowest BCUT2D eigenvalue weighted by Gasteiger charge is -2.26. The normalized spacial score (nSPS) is 17.8. The Bertz CT molecular complexity index is 792. The summed E-state index contributed by atoms with van der Waals surface area (Å²) >= 11 is 1.70. The van der Waals surface area contributed by atoms with Gasteiger partial charge in [-0.3, -0.25) is 4.79 Å².